The minimum atomic E-state index is 0.130. The monoisotopic (exact) mass is 181 g/mol. The van der Waals surface area contributed by atoms with E-state index in [-0.39, 0.29) is 12.1 Å². The van der Waals surface area contributed by atoms with Crippen LogP contribution in [0.5, 0.6) is 0 Å². The Balaban J connectivity index is 2.19. The summed E-state index contributed by atoms with van der Waals surface area (Å²) in [7, 11) is 0. The van der Waals surface area contributed by atoms with E-state index in [4.69, 9.17) is 5.73 Å². The fourth-order valence-electron chi connectivity index (χ4n) is 1.97. The predicted octanol–water partition coefficient (Wildman–Crippen LogP) is -0.614. The lowest BCUT2D eigenvalue weighted by atomic mass is 9.92. The molecule has 0 radical (unpaired) electrons. The molecule has 5 heteroatoms. The first-order valence-electron chi connectivity index (χ1n) is 4.61. The summed E-state index contributed by atoms with van der Waals surface area (Å²) in [6.45, 7) is 4.03. The molecule has 0 bridgehead atoms. The van der Waals surface area contributed by atoms with Gasteiger partial charge in [0.1, 0.15) is 0 Å². The topological polar surface area (TPSA) is 68.8 Å². The summed E-state index contributed by atoms with van der Waals surface area (Å²) in [5.41, 5.74) is 6.01. The zero-order valence-electron chi connectivity index (χ0n) is 7.72. The van der Waals surface area contributed by atoms with Crippen molar-refractivity contribution in [1.29, 1.82) is 0 Å². The molecule has 2 heterocycles. The molecule has 1 saturated heterocycles. The van der Waals surface area contributed by atoms with Gasteiger partial charge in [0.15, 0.2) is 0 Å². The summed E-state index contributed by atoms with van der Waals surface area (Å²) in [5.74, 6) is 0.505. The number of nitrogens with two attached hydrogens (primary N) is 1. The molecule has 0 unspecified atom stereocenters. The predicted molar refractivity (Wildman–Crippen MR) is 49.1 cm³/mol. The van der Waals surface area contributed by atoms with Crippen LogP contribution < -0.4 is 11.1 Å². The summed E-state index contributed by atoms with van der Waals surface area (Å²) in [4.78, 5) is 0. The zero-order valence-corrected chi connectivity index (χ0v) is 7.72. The highest BCUT2D eigenvalue weighted by Gasteiger charge is 2.29. The van der Waals surface area contributed by atoms with Crippen LogP contribution >= 0.6 is 0 Å². The molecule has 1 aliphatic heterocycles. The molecule has 1 fully saturated rings. The summed E-state index contributed by atoms with van der Waals surface area (Å²) in [6.07, 6.45) is 3.58. The van der Waals surface area contributed by atoms with E-state index in [1.165, 1.54) is 0 Å². The van der Waals surface area contributed by atoms with Gasteiger partial charge in [0.2, 0.25) is 0 Å². The number of rotatable bonds is 1. The highest BCUT2D eigenvalue weighted by atomic mass is 15.4. The lowest BCUT2D eigenvalue weighted by Gasteiger charge is -2.34. The largest absolute Gasteiger partial charge is 0.325 e. The molecule has 3 N–H and O–H groups in total. The number of nitrogens with one attached hydrogen (secondary N) is 1. The fraction of sp³-hybridized carbons (Fsp3) is 0.750. The van der Waals surface area contributed by atoms with Crippen LogP contribution in [0.4, 0.5) is 0 Å². The second-order valence-corrected chi connectivity index (χ2v) is 3.67. The Morgan fingerprint density at radius 1 is 1.54 bits per heavy atom. The molecule has 72 valence electrons. The van der Waals surface area contributed by atoms with Gasteiger partial charge in [0, 0.05) is 18.8 Å². The van der Waals surface area contributed by atoms with Crippen LogP contribution in [0.25, 0.3) is 0 Å². The van der Waals surface area contributed by atoms with E-state index in [9.17, 15) is 0 Å². The fourth-order valence-corrected chi connectivity index (χ4v) is 1.97. The van der Waals surface area contributed by atoms with Crippen LogP contribution in [0.15, 0.2) is 12.4 Å². The first-order chi connectivity index (χ1) is 6.29. The minimum Gasteiger partial charge on any atom is -0.325 e. The van der Waals surface area contributed by atoms with Gasteiger partial charge in [0.05, 0.1) is 12.2 Å². The van der Waals surface area contributed by atoms with Gasteiger partial charge in [-0.15, -0.1) is 5.10 Å². The van der Waals surface area contributed by atoms with Gasteiger partial charge in [0.25, 0.3) is 0 Å². The van der Waals surface area contributed by atoms with Gasteiger partial charge in [-0.05, 0) is 12.5 Å². The van der Waals surface area contributed by atoms with E-state index in [1.54, 1.807) is 6.20 Å². The number of hydrogen-bond acceptors (Lipinski definition) is 4. The average molecular weight is 181 g/mol. The summed E-state index contributed by atoms with van der Waals surface area (Å²) >= 11 is 0. The van der Waals surface area contributed by atoms with Crippen molar-refractivity contribution in [2.75, 3.05) is 13.1 Å². The standard InChI is InChI=1S/C8H15N5/c1-6-4-10-5-7(9)8(6)13-3-2-11-12-13/h2-3,6-8,10H,4-5,9H2,1H3/t6-,7+,8+/m0/s1. The second-order valence-electron chi connectivity index (χ2n) is 3.67. The van der Waals surface area contributed by atoms with Crippen LogP contribution in [-0.2, 0) is 0 Å². The van der Waals surface area contributed by atoms with E-state index in [0.29, 0.717) is 5.92 Å². The van der Waals surface area contributed by atoms with E-state index >= 15 is 0 Å². The van der Waals surface area contributed by atoms with Gasteiger partial charge in [-0.2, -0.15) is 0 Å². The molecule has 1 aromatic rings. The van der Waals surface area contributed by atoms with Gasteiger partial charge >= 0.3 is 0 Å². The van der Waals surface area contributed by atoms with Crippen LogP contribution in [-0.4, -0.2) is 34.1 Å². The number of piperidine rings is 1. The Morgan fingerprint density at radius 2 is 2.38 bits per heavy atom. The van der Waals surface area contributed by atoms with Crippen LogP contribution in [0.3, 0.4) is 0 Å². The van der Waals surface area contributed by atoms with Crippen molar-refractivity contribution in [2.24, 2.45) is 11.7 Å². The van der Waals surface area contributed by atoms with Crippen molar-refractivity contribution < 1.29 is 0 Å². The van der Waals surface area contributed by atoms with Crippen LogP contribution in [0.1, 0.15) is 13.0 Å². The van der Waals surface area contributed by atoms with Crippen molar-refractivity contribution in [3.8, 4) is 0 Å². The molecule has 0 saturated carbocycles. The Bertz CT molecular complexity index is 248. The molecule has 1 aromatic heterocycles. The Morgan fingerprint density at radius 3 is 3.00 bits per heavy atom. The molecule has 0 aromatic carbocycles. The maximum Gasteiger partial charge on any atom is 0.0737 e. The normalized spacial score (nSPS) is 34.8. The zero-order chi connectivity index (χ0) is 9.26. The van der Waals surface area contributed by atoms with Crippen molar-refractivity contribution in [2.45, 2.75) is 19.0 Å². The highest BCUT2D eigenvalue weighted by Crippen LogP contribution is 2.21. The van der Waals surface area contributed by atoms with Crippen LogP contribution in [0, 0.1) is 5.92 Å². The van der Waals surface area contributed by atoms with E-state index in [2.05, 4.69) is 22.6 Å². The summed E-state index contributed by atoms with van der Waals surface area (Å²) in [5, 5.41) is 11.1. The maximum atomic E-state index is 6.01. The lowest BCUT2D eigenvalue weighted by molar-refractivity contribution is 0.220. The number of hydrogen-bond donors (Lipinski definition) is 2. The van der Waals surface area contributed by atoms with Crippen molar-refractivity contribution in [3.05, 3.63) is 12.4 Å². The molecule has 3 atom stereocenters. The van der Waals surface area contributed by atoms with E-state index < -0.39 is 0 Å². The second kappa shape index (κ2) is 3.43. The summed E-state index contributed by atoms with van der Waals surface area (Å²) in [6, 6.07) is 0.411. The SMILES string of the molecule is C[C@H]1CNC[C@@H](N)[C@@H]1n1ccnn1. The van der Waals surface area contributed by atoms with Crippen LogP contribution in [0.2, 0.25) is 0 Å². The molecule has 13 heavy (non-hydrogen) atoms. The van der Waals surface area contributed by atoms with Crippen molar-refractivity contribution in [3.63, 3.8) is 0 Å². The minimum absolute atomic E-state index is 0.130. The average Bonchev–Trinajstić information content (AvgIpc) is 2.57. The Hall–Kier alpha value is -0.940. The molecule has 0 spiro atoms. The van der Waals surface area contributed by atoms with Gasteiger partial charge in [-0.25, -0.2) is 4.68 Å². The highest BCUT2D eigenvalue weighted by molar-refractivity contribution is 4.89. The van der Waals surface area contributed by atoms with Crippen molar-refractivity contribution in [1.82, 2.24) is 20.3 Å². The number of aromatic nitrogens is 3. The maximum absolute atomic E-state index is 6.01. The molecule has 0 aliphatic carbocycles. The number of nitrogens with zero attached hydrogens (tertiary/aromatic N) is 3. The molecular weight excluding hydrogens is 166 g/mol. The van der Waals surface area contributed by atoms with Gasteiger partial charge < -0.3 is 11.1 Å². The first kappa shape index (κ1) is 8.65. The van der Waals surface area contributed by atoms with Gasteiger partial charge in [-0.1, -0.05) is 12.1 Å². The quantitative estimate of drug-likeness (QED) is 0.606. The molecule has 5 nitrogen and oxygen atoms in total. The van der Waals surface area contributed by atoms with E-state index in [0.717, 1.165) is 13.1 Å². The third kappa shape index (κ3) is 1.57. The summed E-state index contributed by atoms with van der Waals surface area (Å²) < 4.78 is 1.87. The molecular formula is C8H15N5. The Labute approximate surface area is 77.3 Å². The first-order valence-corrected chi connectivity index (χ1v) is 4.61. The smallest absolute Gasteiger partial charge is 0.0737 e. The molecule has 1 aliphatic rings. The Kier molecular flexibility index (Phi) is 2.28. The van der Waals surface area contributed by atoms with E-state index in [1.807, 2.05) is 10.9 Å². The lowest BCUT2D eigenvalue weighted by Crippen LogP contribution is -2.51. The van der Waals surface area contributed by atoms with Crippen molar-refractivity contribution >= 4 is 0 Å². The van der Waals surface area contributed by atoms with Gasteiger partial charge in [-0.3, -0.25) is 0 Å². The third-order valence-electron chi connectivity index (χ3n) is 2.61. The molecule has 2 rings (SSSR count). The molecule has 0 amide bonds. The third-order valence-corrected chi connectivity index (χ3v) is 2.61.